The van der Waals surface area contributed by atoms with Gasteiger partial charge in [0, 0.05) is 19.5 Å². The zero-order valence-electron chi connectivity index (χ0n) is 19.2. The quantitative estimate of drug-likeness (QED) is 0.551. The van der Waals surface area contributed by atoms with Gasteiger partial charge in [-0.2, -0.15) is 11.8 Å². The fourth-order valence-corrected chi connectivity index (χ4v) is 9.51. The average Bonchev–Trinajstić information content (AvgIpc) is 3.00. The number of hydrogen-bond acceptors (Lipinski definition) is 2. The highest BCUT2D eigenvalue weighted by Gasteiger charge is 2.61. The van der Waals surface area contributed by atoms with Gasteiger partial charge in [-0.3, -0.25) is 4.79 Å². The number of amides is 1. The fourth-order valence-electron chi connectivity index (χ4n) is 8.59. The summed E-state index contributed by atoms with van der Waals surface area (Å²) in [5.74, 6) is 6.19. The van der Waals surface area contributed by atoms with Crippen LogP contribution in [-0.4, -0.2) is 34.9 Å². The van der Waals surface area contributed by atoms with Crippen LogP contribution in [-0.2, 0) is 4.79 Å². The molecule has 4 rings (SSSR count). The van der Waals surface area contributed by atoms with E-state index in [-0.39, 0.29) is 0 Å². The van der Waals surface area contributed by atoms with Gasteiger partial charge in [0.25, 0.3) is 0 Å². The first kappa shape index (κ1) is 21.1. The van der Waals surface area contributed by atoms with Crippen LogP contribution in [0, 0.1) is 40.4 Å². The summed E-state index contributed by atoms with van der Waals surface area (Å²) in [5.41, 5.74) is 0.932. The van der Waals surface area contributed by atoms with Gasteiger partial charge in [-0.15, -0.1) is 0 Å². The van der Waals surface area contributed by atoms with Crippen LogP contribution in [0.25, 0.3) is 0 Å². The van der Waals surface area contributed by atoms with Crippen molar-refractivity contribution in [1.82, 2.24) is 4.90 Å². The van der Waals surface area contributed by atoms with E-state index in [0.717, 1.165) is 47.7 Å². The molecule has 1 amide bonds. The molecule has 2 nitrogen and oxygen atoms in total. The van der Waals surface area contributed by atoms with Crippen molar-refractivity contribution < 1.29 is 4.79 Å². The Labute approximate surface area is 178 Å². The maximum absolute atomic E-state index is 12.3. The maximum Gasteiger partial charge on any atom is 0.222 e. The predicted octanol–water partition coefficient (Wildman–Crippen LogP) is 6.24. The average molecular weight is 406 g/mol. The Balaban J connectivity index is 1.53. The monoisotopic (exact) mass is 405 g/mol. The molecule has 1 heterocycles. The van der Waals surface area contributed by atoms with Gasteiger partial charge in [0.1, 0.15) is 0 Å². The van der Waals surface area contributed by atoms with Gasteiger partial charge in [0.05, 0.1) is 0 Å². The number of piperidine rings is 1. The molecule has 4 fully saturated rings. The molecule has 0 radical (unpaired) electrons. The summed E-state index contributed by atoms with van der Waals surface area (Å²) >= 11 is 2.16. The van der Waals surface area contributed by atoms with Gasteiger partial charge in [-0.05, 0) is 96.4 Å². The Hall–Kier alpha value is -0.180. The molecule has 160 valence electrons. The van der Waals surface area contributed by atoms with E-state index in [4.69, 9.17) is 0 Å². The molecule has 0 aromatic carbocycles. The SMILES string of the molecule is CC(C)SCC(C)[C@H]1CC[C@H]2[C@@H]3CCC4N(C)C(=O)CC[C@]4(C)[C@H]3CC[C@]12C. The van der Waals surface area contributed by atoms with Crippen molar-refractivity contribution in [2.45, 2.75) is 97.3 Å². The number of fused-ring (bicyclic) bond motifs is 5. The maximum atomic E-state index is 12.3. The smallest absolute Gasteiger partial charge is 0.222 e. The van der Waals surface area contributed by atoms with E-state index < -0.39 is 0 Å². The summed E-state index contributed by atoms with van der Waals surface area (Å²) in [7, 11) is 2.08. The molecule has 2 unspecified atom stereocenters. The van der Waals surface area contributed by atoms with E-state index in [9.17, 15) is 4.79 Å². The highest BCUT2D eigenvalue weighted by molar-refractivity contribution is 7.99. The minimum Gasteiger partial charge on any atom is -0.342 e. The summed E-state index contributed by atoms with van der Waals surface area (Å²) in [6, 6.07) is 0.498. The molecule has 3 saturated carbocycles. The van der Waals surface area contributed by atoms with Crippen molar-refractivity contribution in [3.05, 3.63) is 0 Å². The van der Waals surface area contributed by atoms with E-state index >= 15 is 0 Å². The Kier molecular flexibility index (Phi) is 5.64. The summed E-state index contributed by atoms with van der Waals surface area (Å²) in [6.07, 6.45) is 10.3. The first-order valence-electron chi connectivity index (χ1n) is 12.1. The Morgan fingerprint density at radius 2 is 1.71 bits per heavy atom. The molecule has 3 aliphatic carbocycles. The number of thioether (sulfide) groups is 1. The third-order valence-corrected chi connectivity index (χ3v) is 11.4. The summed E-state index contributed by atoms with van der Waals surface area (Å²) in [6.45, 7) is 12.4. The highest BCUT2D eigenvalue weighted by Crippen LogP contribution is 2.67. The summed E-state index contributed by atoms with van der Waals surface area (Å²) in [4.78, 5) is 14.5. The molecular formula is C25H43NOS. The highest BCUT2D eigenvalue weighted by atomic mass is 32.2. The van der Waals surface area contributed by atoms with Crippen LogP contribution in [0.4, 0.5) is 0 Å². The van der Waals surface area contributed by atoms with Gasteiger partial charge in [0.2, 0.25) is 5.91 Å². The van der Waals surface area contributed by atoms with Crippen molar-refractivity contribution in [2.24, 2.45) is 40.4 Å². The van der Waals surface area contributed by atoms with Crippen molar-refractivity contribution in [1.29, 1.82) is 0 Å². The molecule has 0 bridgehead atoms. The number of hydrogen-bond donors (Lipinski definition) is 0. The van der Waals surface area contributed by atoms with Crippen LogP contribution in [0.1, 0.15) is 86.0 Å². The van der Waals surface area contributed by atoms with Gasteiger partial charge in [-0.1, -0.05) is 34.6 Å². The number of carbonyl (C=O) groups excluding carboxylic acids is 1. The van der Waals surface area contributed by atoms with Crippen LogP contribution < -0.4 is 0 Å². The van der Waals surface area contributed by atoms with Crippen molar-refractivity contribution in [3.8, 4) is 0 Å². The van der Waals surface area contributed by atoms with Crippen LogP contribution in [0.3, 0.4) is 0 Å². The molecule has 1 aliphatic heterocycles. The molecular weight excluding hydrogens is 362 g/mol. The van der Waals surface area contributed by atoms with Crippen LogP contribution >= 0.6 is 11.8 Å². The molecule has 4 aliphatic rings. The molecule has 28 heavy (non-hydrogen) atoms. The topological polar surface area (TPSA) is 20.3 Å². The second-order valence-electron chi connectivity index (χ2n) is 11.6. The van der Waals surface area contributed by atoms with Gasteiger partial charge >= 0.3 is 0 Å². The van der Waals surface area contributed by atoms with Crippen molar-refractivity contribution in [3.63, 3.8) is 0 Å². The Bertz CT molecular complexity index is 605. The minimum atomic E-state index is 0.365. The van der Waals surface area contributed by atoms with Crippen molar-refractivity contribution in [2.75, 3.05) is 12.8 Å². The molecule has 0 aromatic rings. The largest absolute Gasteiger partial charge is 0.342 e. The van der Waals surface area contributed by atoms with Crippen LogP contribution in [0.15, 0.2) is 0 Å². The van der Waals surface area contributed by atoms with E-state index in [2.05, 4.69) is 58.3 Å². The molecule has 3 heteroatoms. The van der Waals surface area contributed by atoms with E-state index in [0.29, 0.717) is 22.8 Å². The van der Waals surface area contributed by atoms with Crippen LogP contribution in [0.5, 0.6) is 0 Å². The molecule has 0 N–H and O–H groups in total. The standard InChI is InChI=1S/C25H43NOS/c1-16(2)28-15-17(3)19-8-9-20-18-7-10-22-25(5,14-12-23(27)26(22)6)21(18)11-13-24(19,20)4/h16-22H,7-15H2,1-6H3/t17?,18-,19+,20-,21-,22?,24+,25+/m0/s1. The van der Waals surface area contributed by atoms with E-state index in [1.807, 2.05) is 0 Å². The van der Waals surface area contributed by atoms with Crippen LogP contribution in [0.2, 0.25) is 0 Å². The van der Waals surface area contributed by atoms with Gasteiger partial charge in [-0.25, -0.2) is 0 Å². The van der Waals surface area contributed by atoms with E-state index in [1.165, 1.54) is 44.3 Å². The second kappa shape index (κ2) is 7.50. The van der Waals surface area contributed by atoms with Crippen molar-refractivity contribution >= 4 is 17.7 Å². The molecule has 1 saturated heterocycles. The molecule has 0 spiro atoms. The normalized spacial score (nSPS) is 46.9. The lowest BCUT2D eigenvalue weighted by atomic mass is 9.46. The van der Waals surface area contributed by atoms with Gasteiger partial charge in [0.15, 0.2) is 0 Å². The molecule has 0 aromatic heterocycles. The number of likely N-dealkylation sites (tertiary alicyclic amines) is 1. The lowest BCUT2D eigenvalue weighted by Crippen LogP contribution is -2.61. The predicted molar refractivity (Wildman–Crippen MR) is 120 cm³/mol. The Morgan fingerprint density at radius 3 is 2.43 bits per heavy atom. The summed E-state index contributed by atoms with van der Waals surface area (Å²) < 4.78 is 0. The first-order valence-corrected chi connectivity index (χ1v) is 13.1. The number of rotatable bonds is 4. The molecule has 8 atom stereocenters. The second-order valence-corrected chi connectivity index (χ2v) is 13.2. The fraction of sp³-hybridized carbons (Fsp3) is 0.960. The number of carbonyl (C=O) groups is 1. The third-order valence-electron chi connectivity index (χ3n) is 10.0. The lowest BCUT2D eigenvalue weighted by Gasteiger charge is -2.62. The minimum absolute atomic E-state index is 0.365. The zero-order valence-corrected chi connectivity index (χ0v) is 20.0. The third kappa shape index (κ3) is 3.17. The first-order chi connectivity index (χ1) is 13.2. The van der Waals surface area contributed by atoms with Gasteiger partial charge < -0.3 is 4.90 Å². The van der Waals surface area contributed by atoms with E-state index in [1.54, 1.807) is 0 Å². The lowest BCUT2D eigenvalue weighted by molar-refractivity contribution is -0.158. The Morgan fingerprint density at radius 1 is 1.00 bits per heavy atom. The zero-order chi connectivity index (χ0) is 20.3. The number of nitrogens with zero attached hydrogens (tertiary/aromatic N) is 1. The summed E-state index contributed by atoms with van der Waals surface area (Å²) in [5, 5.41) is 0.754.